The third kappa shape index (κ3) is 5.51. The van der Waals surface area contributed by atoms with Crippen LogP contribution in [-0.4, -0.2) is 41.0 Å². The Morgan fingerprint density at radius 3 is 2.29 bits per heavy atom. The van der Waals surface area contributed by atoms with E-state index in [0.29, 0.717) is 30.0 Å². The van der Waals surface area contributed by atoms with Crippen molar-refractivity contribution in [2.75, 3.05) is 25.7 Å². The highest BCUT2D eigenvalue weighted by Gasteiger charge is 2.36. The number of ether oxygens (including phenoxy) is 2. The van der Waals surface area contributed by atoms with E-state index >= 15 is 0 Å². The molecule has 1 N–H and O–H groups in total. The summed E-state index contributed by atoms with van der Waals surface area (Å²) < 4.78 is 51.5. The molecule has 1 heterocycles. The molecule has 0 radical (unpaired) electrons. The van der Waals surface area contributed by atoms with Gasteiger partial charge in [-0.25, -0.2) is 12.8 Å². The van der Waals surface area contributed by atoms with Gasteiger partial charge < -0.3 is 19.7 Å². The van der Waals surface area contributed by atoms with Gasteiger partial charge in [0, 0.05) is 12.1 Å². The molecule has 10 heteroatoms. The number of hydrogen-bond acceptors (Lipinski definition) is 6. The van der Waals surface area contributed by atoms with Crippen LogP contribution in [0.15, 0.2) is 94.7 Å². The number of amides is 2. The van der Waals surface area contributed by atoms with Gasteiger partial charge in [-0.2, -0.15) is 0 Å². The van der Waals surface area contributed by atoms with E-state index in [9.17, 15) is 22.4 Å². The monoisotopic (exact) mass is 574 g/mol. The number of halogens is 1. The van der Waals surface area contributed by atoms with Crippen LogP contribution in [0.4, 0.5) is 10.1 Å². The number of hydrogen-bond donors (Lipinski definition) is 1. The average Bonchev–Trinajstić information content (AvgIpc) is 3.05. The summed E-state index contributed by atoms with van der Waals surface area (Å²) in [5.74, 6) is -0.228. The molecule has 5 rings (SSSR count). The van der Waals surface area contributed by atoms with Crippen LogP contribution in [0.3, 0.4) is 0 Å². The Kier molecular flexibility index (Phi) is 7.76. The van der Waals surface area contributed by atoms with Crippen molar-refractivity contribution in [3.8, 4) is 11.5 Å². The molecule has 0 bridgehead atoms. The van der Waals surface area contributed by atoms with Crippen LogP contribution < -0.4 is 19.7 Å². The maximum Gasteiger partial charge on any atom is 0.259 e. The minimum absolute atomic E-state index is 0.0201. The van der Waals surface area contributed by atoms with Crippen molar-refractivity contribution >= 4 is 27.3 Å². The number of methoxy groups -OCH3 is 2. The Morgan fingerprint density at radius 1 is 0.854 bits per heavy atom. The zero-order chi connectivity index (χ0) is 29.1. The number of rotatable bonds is 8. The second-order valence-corrected chi connectivity index (χ2v) is 11.3. The molecular weight excluding hydrogens is 547 g/mol. The van der Waals surface area contributed by atoms with Gasteiger partial charge in [-0.05, 0) is 72.1 Å². The van der Waals surface area contributed by atoms with Gasteiger partial charge in [-0.3, -0.25) is 9.59 Å². The molecule has 0 spiro atoms. The van der Waals surface area contributed by atoms with E-state index in [1.165, 1.54) is 59.5 Å². The van der Waals surface area contributed by atoms with Gasteiger partial charge in [-0.15, -0.1) is 0 Å². The number of anilines is 1. The minimum atomic E-state index is -4.09. The summed E-state index contributed by atoms with van der Waals surface area (Å²) in [4.78, 5) is 28.0. The normalized spacial score (nSPS) is 13.5. The van der Waals surface area contributed by atoms with Gasteiger partial charge in [0.15, 0.2) is 11.5 Å². The van der Waals surface area contributed by atoms with Crippen LogP contribution in [-0.2, 0) is 22.8 Å². The highest BCUT2D eigenvalue weighted by Crippen LogP contribution is 2.38. The van der Waals surface area contributed by atoms with Crippen molar-refractivity contribution in [3.63, 3.8) is 0 Å². The van der Waals surface area contributed by atoms with Gasteiger partial charge in [0.05, 0.1) is 41.8 Å². The third-order valence-electron chi connectivity index (χ3n) is 6.85. The van der Waals surface area contributed by atoms with Crippen LogP contribution in [0.1, 0.15) is 31.8 Å². The molecule has 0 fully saturated rings. The van der Waals surface area contributed by atoms with E-state index in [0.717, 1.165) is 5.56 Å². The van der Waals surface area contributed by atoms with E-state index in [4.69, 9.17) is 9.47 Å². The molecule has 0 aliphatic carbocycles. The number of carbonyl (C=O) groups is 2. The first-order chi connectivity index (χ1) is 19.7. The minimum Gasteiger partial charge on any atom is -0.493 e. The fourth-order valence-corrected chi connectivity index (χ4v) is 6.37. The zero-order valence-electron chi connectivity index (χ0n) is 22.4. The second-order valence-electron chi connectivity index (χ2n) is 9.40. The predicted molar refractivity (Wildman–Crippen MR) is 151 cm³/mol. The topological polar surface area (TPSA) is 102 Å². The number of nitrogens with zero attached hydrogens (tertiary/aromatic N) is 1. The van der Waals surface area contributed by atoms with E-state index in [2.05, 4.69) is 5.32 Å². The predicted octanol–water partition coefficient (Wildman–Crippen LogP) is 4.81. The fourth-order valence-electron chi connectivity index (χ4n) is 4.74. The summed E-state index contributed by atoms with van der Waals surface area (Å²) >= 11 is 0. The first-order valence-electron chi connectivity index (χ1n) is 12.8. The van der Waals surface area contributed by atoms with Crippen molar-refractivity contribution in [2.24, 2.45) is 0 Å². The number of sulfone groups is 1. The Hall–Kier alpha value is -4.70. The van der Waals surface area contributed by atoms with Gasteiger partial charge in [0.25, 0.3) is 11.8 Å². The Bertz CT molecular complexity index is 1740. The molecule has 8 nitrogen and oxygen atoms in total. The first kappa shape index (κ1) is 27.9. The Morgan fingerprint density at radius 2 is 1.56 bits per heavy atom. The molecule has 41 heavy (non-hydrogen) atoms. The highest BCUT2D eigenvalue weighted by molar-refractivity contribution is 7.91. The number of carbonyl (C=O) groups excluding carboxylic acids is 2. The standard InChI is InChI=1S/C31H27FN2O6S/c1-39-26-13-9-20(17-27(26)40-2)15-16-33-30(35)22-10-14-29-25(18-22)34(19-21-7-11-23(32)12-8-21)31(36)24-5-3-4-6-28(24)41(29,37)38/h3-14,17-18H,15-16,19H2,1-2H3,(H,33,35). The van der Waals surface area contributed by atoms with Crippen molar-refractivity contribution in [1.82, 2.24) is 5.32 Å². The zero-order valence-corrected chi connectivity index (χ0v) is 23.2. The molecule has 210 valence electrons. The molecule has 2 amide bonds. The van der Waals surface area contributed by atoms with Crippen molar-refractivity contribution < 1.29 is 31.9 Å². The van der Waals surface area contributed by atoms with Crippen LogP contribution >= 0.6 is 0 Å². The molecule has 0 aromatic heterocycles. The maximum atomic E-state index is 13.7. The molecule has 4 aromatic rings. The average molecular weight is 575 g/mol. The van der Waals surface area contributed by atoms with E-state index in [1.54, 1.807) is 32.4 Å². The summed E-state index contributed by atoms with van der Waals surface area (Å²) in [7, 11) is -0.988. The van der Waals surface area contributed by atoms with E-state index in [-0.39, 0.29) is 33.2 Å². The Balaban J connectivity index is 1.46. The molecule has 0 unspecified atom stereocenters. The summed E-state index contributed by atoms with van der Waals surface area (Å²) in [5.41, 5.74) is 1.79. The summed E-state index contributed by atoms with van der Waals surface area (Å²) in [6, 6.07) is 21.3. The highest BCUT2D eigenvalue weighted by atomic mass is 32.2. The number of benzene rings is 4. The van der Waals surface area contributed by atoms with Gasteiger partial charge in [-0.1, -0.05) is 30.3 Å². The van der Waals surface area contributed by atoms with Crippen LogP contribution in [0.25, 0.3) is 0 Å². The number of nitrogens with one attached hydrogen (secondary N) is 1. The second kappa shape index (κ2) is 11.4. The molecule has 1 aliphatic heterocycles. The summed E-state index contributed by atoms with van der Waals surface area (Å²) in [6.07, 6.45) is 0.510. The van der Waals surface area contributed by atoms with E-state index in [1.807, 2.05) is 12.1 Å². The summed E-state index contributed by atoms with van der Waals surface area (Å²) in [5, 5.41) is 2.85. The molecule has 4 aromatic carbocycles. The van der Waals surface area contributed by atoms with Gasteiger partial charge >= 0.3 is 0 Å². The van der Waals surface area contributed by atoms with Crippen LogP contribution in [0.5, 0.6) is 11.5 Å². The van der Waals surface area contributed by atoms with Gasteiger partial charge in [0.1, 0.15) is 5.82 Å². The quantitative estimate of drug-likeness (QED) is 0.324. The fraction of sp³-hybridized carbons (Fsp3) is 0.161. The molecule has 1 aliphatic rings. The van der Waals surface area contributed by atoms with E-state index < -0.39 is 27.5 Å². The number of fused-ring (bicyclic) bond motifs is 2. The van der Waals surface area contributed by atoms with Crippen molar-refractivity contribution in [1.29, 1.82) is 0 Å². The van der Waals surface area contributed by atoms with Crippen molar-refractivity contribution in [3.05, 3.63) is 113 Å². The first-order valence-corrected chi connectivity index (χ1v) is 14.2. The molecular formula is C31H27FN2O6S. The van der Waals surface area contributed by atoms with Gasteiger partial charge in [0.2, 0.25) is 9.84 Å². The Labute approximate surface area is 237 Å². The lowest BCUT2D eigenvalue weighted by Crippen LogP contribution is -2.31. The molecule has 0 saturated heterocycles. The SMILES string of the molecule is COc1ccc(CCNC(=O)c2ccc3c(c2)N(Cc2ccc(F)cc2)C(=O)c2ccccc2S3(=O)=O)cc1OC. The summed E-state index contributed by atoms with van der Waals surface area (Å²) in [6.45, 7) is 0.272. The van der Waals surface area contributed by atoms with Crippen LogP contribution in [0.2, 0.25) is 0 Å². The molecule has 0 saturated carbocycles. The largest absolute Gasteiger partial charge is 0.493 e. The lowest BCUT2D eigenvalue weighted by Gasteiger charge is -2.23. The lowest BCUT2D eigenvalue weighted by molar-refractivity contribution is 0.0950. The van der Waals surface area contributed by atoms with Crippen LogP contribution in [0, 0.1) is 5.82 Å². The third-order valence-corrected chi connectivity index (χ3v) is 8.71. The smallest absolute Gasteiger partial charge is 0.259 e. The molecule has 0 atom stereocenters. The van der Waals surface area contributed by atoms with Crippen molar-refractivity contribution in [2.45, 2.75) is 22.8 Å². The maximum absolute atomic E-state index is 13.7. The lowest BCUT2D eigenvalue weighted by atomic mass is 10.1.